The minimum absolute atomic E-state index is 0.114. The summed E-state index contributed by atoms with van der Waals surface area (Å²) in [6.07, 6.45) is 1.54. The predicted molar refractivity (Wildman–Crippen MR) is 113 cm³/mol. The molecule has 2 aromatic heterocycles. The molecular formula is C22H21N3O2S. The zero-order chi connectivity index (χ0) is 19.3. The SMILES string of the molecule is Cc1c(Oc2ncnc3c(CNCCO)csc23)cccc1-c1ccccc1. The molecule has 0 aliphatic rings. The van der Waals surface area contributed by atoms with Gasteiger partial charge in [0, 0.05) is 18.7 Å². The highest BCUT2D eigenvalue weighted by atomic mass is 32.1. The summed E-state index contributed by atoms with van der Waals surface area (Å²) in [5.74, 6) is 1.35. The van der Waals surface area contributed by atoms with Gasteiger partial charge >= 0.3 is 0 Å². The summed E-state index contributed by atoms with van der Waals surface area (Å²) in [7, 11) is 0. The van der Waals surface area contributed by atoms with Crippen molar-refractivity contribution in [1.82, 2.24) is 15.3 Å². The van der Waals surface area contributed by atoms with Crippen molar-refractivity contribution in [1.29, 1.82) is 0 Å². The maximum atomic E-state index is 8.94. The minimum Gasteiger partial charge on any atom is -0.437 e. The summed E-state index contributed by atoms with van der Waals surface area (Å²) < 4.78 is 7.15. The van der Waals surface area contributed by atoms with Crippen molar-refractivity contribution >= 4 is 21.6 Å². The number of hydrogen-bond acceptors (Lipinski definition) is 6. The number of rotatable bonds is 7. The molecule has 0 bridgehead atoms. The third-order valence-electron chi connectivity index (χ3n) is 4.57. The molecule has 4 aromatic rings. The monoisotopic (exact) mass is 391 g/mol. The largest absolute Gasteiger partial charge is 0.437 e. The van der Waals surface area contributed by atoms with Gasteiger partial charge in [-0.2, -0.15) is 0 Å². The molecule has 0 fully saturated rings. The van der Waals surface area contributed by atoms with Crippen LogP contribution in [-0.2, 0) is 6.54 Å². The third kappa shape index (κ3) is 3.75. The van der Waals surface area contributed by atoms with Crippen molar-refractivity contribution in [2.45, 2.75) is 13.5 Å². The third-order valence-corrected chi connectivity index (χ3v) is 5.58. The van der Waals surface area contributed by atoms with Crippen molar-refractivity contribution in [3.8, 4) is 22.8 Å². The van der Waals surface area contributed by atoms with Crippen LogP contribution in [0, 0.1) is 6.92 Å². The number of fused-ring (bicyclic) bond motifs is 1. The zero-order valence-corrected chi connectivity index (χ0v) is 16.4. The van der Waals surface area contributed by atoms with E-state index in [4.69, 9.17) is 9.84 Å². The van der Waals surface area contributed by atoms with Gasteiger partial charge < -0.3 is 15.2 Å². The van der Waals surface area contributed by atoms with E-state index in [1.54, 1.807) is 11.3 Å². The molecule has 0 atom stereocenters. The highest BCUT2D eigenvalue weighted by Gasteiger charge is 2.14. The van der Waals surface area contributed by atoms with Crippen LogP contribution in [0.5, 0.6) is 11.6 Å². The van der Waals surface area contributed by atoms with Gasteiger partial charge in [-0.05, 0) is 35.1 Å². The smallest absolute Gasteiger partial charge is 0.240 e. The van der Waals surface area contributed by atoms with E-state index in [0.717, 1.165) is 38.2 Å². The molecule has 4 rings (SSSR count). The van der Waals surface area contributed by atoms with Crippen molar-refractivity contribution < 1.29 is 9.84 Å². The lowest BCUT2D eigenvalue weighted by Crippen LogP contribution is -2.17. The lowest BCUT2D eigenvalue weighted by Gasteiger charge is -2.12. The van der Waals surface area contributed by atoms with Gasteiger partial charge in [-0.25, -0.2) is 9.97 Å². The van der Waals surface area contributed by atoms with E-state index in [1.807, 2.05) is 30.3 Å². The second kappa shape index (κ2) is 8.48. The van der Waals surface area contributed by atoms with Gasteiger partial charge in [-0.1, -0.05) is 42.5 Å². The van der Waals surface area contributed by atoms with Crippen molar-refractivity contribution in [2.75, 3.05) is 13.2 Å². The Morgan fingerprint density at radius 2 is 1.93 bits per heavy atom. The molecule has 5 nitrogen and oxygen atoms in total. The molecule has 6 heteroatoms. The molecule has 0 saturated heterocycles. The minimum atomic E-state index is 0.114. The van der Waals surface area contributed by atoms with E-state index in [9.17, 15) is 0 Å². The van der Waals surface area contributed by atoms with Crippen molar-refractivity contribution in [3.05, 3.63) is 71.4 Å². The molecule has 2 N–H and O–H groups in total. The molecule has 0 aliphatic carbocycles. The Morgan fingerprint density at radius 1 is 1.07 bits per heavy atom. The highest BCUT2D eigenvalue weighted by Crippen LogP contribution is 2.36. The molecule has 0 saturated carbocycles. The summed E-state index contributed by atoms with van der Waals surface area (Å²) in [6, 6.07) is 16.3. The lowest BCUT2D eigenvalue weighted by molar-refractivity contribution is 0.292. The number of hydrogen-bond donors (Lipinski definition) is 2. The molecule has 142 valence electrons. The molecule has 0 unspecified atom stereocenters. The number of benzene rings is 2. The standard InChI is InChI=1S/C22H21N3O2S/c1-15-18(16-6-3-2-4-7-16)8-5-9-19(15)27-22-21-20(24-14-25-22)17(13-28-21)12-23-10-11-26/h2-9,13-14,23,26H,10-12H2,1H3. The average molecular weight is 391 g/mol. The van der Waals surface area contributed by atoms with E-state index in [2.05, 4.69) is 45.8 Å². The fourth-order valence-corrected chi connectivity index (χ4v) is 4.08. The number of nitrogens with one attached hydrogen (secondary N) is 1. The van der Waals surface area contributed by atoms with Gasteiger partial charge in [0.1, 0.15) is 16.8 Å². The molecule has 0 spiro atoms. The normalized spacial score (nSPS) is 11.1. The number of ether oxygens (including phenoxy) is 1. The fourth-order valence-electron chi connectivity index (χ4n) is 3.14. The Hall–Kier alpha value is -2.80. The van der Waals surface area contributed by atoms with E-state index in [-0.39, 0.29) is 6.61 Å². The summed E-state index contributed by atoms with van der Waals surface area (Å²) >= 11 is 1.57. The van der Waals surface area contributed by atoms with Crippen LogP contribution in [-0.4, -0.2) is 28.2 Å². The summed E-state index contributed by atoms with van der Waals surface area (Å²) in [5, 5.41) is 14.2. The van der Waals surface area contributed by atoms with Gasteiger partial charge in [-0.15, -0.1) is 11.3 Å². The van der Waals surface area contributed by atoms with Gasteiger partial charge in [0.15, 0.2) is 0 Å². The molecule has 2 heterocycles. The first kappa shape index (κ1) is 18.6. The van der Waals surface area contributed by atoms with Crippen LogP contribution in [0.1, 0.15) is 11.1 Å². The van der Waals surface area contributed by atoms with Crippen molar-refractivity contribution in [3.63, 3.8) is 0 Å². The van der Waals surface area contributed by atoms with Gasteiger partial charge in [-0.3, -0.25) is 0 Å². The first-order chi connectivity index (χ1) is 13.8. The summed E-state index contributed by atoms with van der Waals surface area (Å²) in [6.45, 7) is 3.38. The Morgan fingerprint density at radius 3 is 2.75 bits per heavy atom. The zero-order valence-electron chi connectivity index (χ0n) is 15.6. The quantitative estimate of drug-likeness (QED) is 0.453. The number of nitrogens with zero attached hydrogens (tertiary/aromatic N) is 2. The number of aromatic nitrogens is 2. The van der Waals surface area contributed by atoms with Gasteiger partial charge in [0.25, 0.3) is 0 Å². The van der Waals surface area contributed by atoms with E-state index >= 15 is 0 Å². The first-order valence-corrected chi connectivity index (χ1v) is 10.0. The number of aliphatic hydroxyl groups excluding tert-OH is 1. The molecule has 28 heavy (non-hydrogen) atoms. The Kier molecular flexibility index (Phi) is 5.62. The maximum Gasteiger partial charge on any atom is 0.240 e. The Balaban J connectivity index is 1.66. The fraction of sp³-hybridized carbons (Fsp3) is 0.182. The van der Waals surface area contributed by atoms with Crippen LogP contribution in [0.3, 0.4) is 0 Å². The molecule has 0 radical (unpaired) electrons. The van der Waals surface area contributed by atoms with Crippen LogP contribution in [0.4, 0.5) is 0 Å². The van der Waals surface area contributed by atoms with E-state index in [0.29, 0.717) is 19.0 Å². The van der Waals surface area contributed by atoms with Crippen LogP contribution < -0.4 is 10.1 Å². The summed E-state index contributed by atoms with van der Waals surface area (Å²) in [4.78, 5) is 8.80. The molecule has 2 aromatic carbocycles. The topological polar surface area (TPSA) is 67.3 Å². The lowest BCUT2D eigenvalue weighted by atomic mass is 10.00. The van der Waals surface area contributed by atoms with Crippen LogP contribution in [0.25, 0.3) is 21.3 Å². The first-order valence-electron chi connectivity index (χ1n) is 9.13. The Labute approximate surface area is 167 Å². The second-order valence-electron chi connectivity index (χ2n) is 6.41. The van der Waals surface area contributed by atoms with Crippen LogP contribution >= 0.6 is 11.3 Å². The van der Waals surface area contributed by atoms with E-state index in [1.165, 1.54) is 6.33 Å². The number of aliphatic hydroxyl groups is 1. The highest BCUT2D eigenvalue weighted by molar-refractivity contribution is 7.17. The van der Waals surface area contributed by atoms with Gasteiger partial charge in [0.2, 0.25) is 5.88 Å². The van der Waals surface area contributed by atoms with Crippen LogP contribution in [0.15, 0.2) is 60.2 Å². The average Bonchev–Trinajstić information content (AvgIpc) is 3.15. The maximum absolute atomic E-state index is 8.94. The molecular weight excluding hydrogens is 370 g/mol. The van der Waals surface area contributed by atoms with Crippen LogP contribution in [0.2, 0.25) is 0 Å². The van der Waals surface area contributed by atoms with Gasteiger partial charge in [0.05, 0.1) is 12.1 Å². The Bertz CT molecular complexity index is 1080. The molecule has 0 aliphatic heterocycles. The van der Waals surface area contributed by atoms with Crippen molar-refractivity contribution in [2.24, 2.45) is 0 Å². The second-order valence-corrected chi connectivity index (χ2v) is 7.29. The molecule has 0 amide bonds. The predicted octanol–water partition coefficient (Wildman–Crippen LogP) is 4.54. The van der Waals surface area contributed by atoms with E-state index < -0.39 is 0 Å². The summed E-state index contributed by atoms with van der Waals surface area (Å²) in [5.41, 5.74) is 5.34. The number of thiophene rings is 1.